The van der Waals surface area contributed by atoms with Gasteiger partial charge in [-0.1, -0.05) is 55.1 Å². The summed E-state index contributed by atoms with van der Waals surface area (Å²) in [4.78, 5) is 57.7. The number of nitrogens with one attached hydrogen (secondary N) is 1. The highest BCUT2D eigenvalue weighted by atomic mass is 16.5. The summed E-state index contributed by atoms with van der Waals surface area (Å²) in [7, 11) is 0. The normalized spacial score (nSPS) is 22.0. The van der Waals surface area contributed by atoms with Gasteiger partial charge >= 0.3 is 5.97 Å². The van der Waals surface area contributed by atoms with E-state index in [9.17, 15) is 19.2 Å². The van der Waals surface area contributed by atoms with Gasteiger partial charge in [0.25, 0.3) is 0 Å². The average Bonchev–Trinajstić information content (AvgIpc) is 3.55. The molecule has 4 atom stereocenters. The SMILES string of the molecule is C=CCOc1ccc(C(=O)[C@@H]2[C@H](C(=O)c3ccc(OC(C)=O)cc3)N3C=Cc4ccccc4[C@@H]3[C@]23C(=O)Nc2ccccc23)cc1. The van der Waals surface area contributed by atoms with E-state index < -0.39 is 29.4 Å². The summed E-state index contributed by atoms with van der Waals surface area (Å²) >= 11 is 0. The molecule has 3 aliphatic rings. The highest BCUT2D eigenvalue weighted by molar-refractivity contribution is 6.16. The summed E-state index contributed by atoms with van der Waals surface area (Å²) in [5, 5.41) is 3.06. The molecule has 4 aromatic rings. The molecule has 0 aromatic heterocycles. The minimum Gasteiger partial charge on any atom is -0.490 e. The second-order valence-electron chi connectivity index (χ2n) is 11.6. The Bertz CT molecular complexity index is 1930. The van der Waals surface area contributed by atoms with Gasteiger partial charge in [0.15, 0.2) is 11.6 Å². The lowest BCUT2D eigenvalue weighted by molar-refractivity contribution is -0.131. The maximum Gasteiger partial charge on any atom is 0.308 e. The molecule has 46 heavy (non-hydrogen) atoms. The van der Waals surface area contributed by atoms with Crippen LogP contribution in [0.1, 0.15) is 50.4 Å². The number of amides is 1. The first-order valence-corrected chi connectivity index (χ1v) is 15.0. The van der Waals surface area contributed by atoms with Crippen molar-refractivity contribution in [3.8, 4) is 11.5 Å². The summed E-state index contributed by atoms with van der Waals surface area (Å²) in [5.74, 6) is -1.73. The largest absolute Gasteiger partial charge is 0.490 e. The Balaban J connectivity index is 1.44. The van der Waals surface area contributed by atoms with Gasteiger partial charge in [0.2, 0.25) is 5.91 Å². The van der Waals surface area contributed by atoms with Crippen LogP contribution in [0.4, 0.5) is 5.69 Å². The average molecular weight is 611 g/mol. The van der Waals surface area contributed by atoms with E-state index in [-0.39, 0.29) is 17.5 Å². The van der Waals surface area contributed by atoms with Gasteiger partial charge in [-0.25, -0.2) is 0 Å². The summed E-state index contributed by atoms with van der Waals surface area (Å²) in [6.45, 7) is 5.29. The molecule has 1 amide bonds. The molecule has 7 rings (SSSR count). The Labute approximate surface area is 265 Å². The second-order valence-corrected chi connectivity index (χ2v) is 11.6. The van der Waals surface area contributed by atoms with E-state index >= 15 is 0 Å². The zero-order valence-electron chi connectivity index (χ0n) is 25.0. The van der Waals surface area contributed by atoms with Crippen LogP contribution in [0.25, 0.3) is 6.08 Å². The fraction of sp³-hybridized carbons (Fsp3) is 0.158. The van der Waals surface area contributed by atoms with Crippen molar-refractivity contribution >= 4 is 35.2 Å². The van der Waals surface area contributed by atoms with Crippen LogP contribution in [0.15, 0.2) is 116 Å². The number of ether oxygens (including phenoxy) is 2. The van der Waals surface area contributed by atoms with Gasteiger partial charge in [-0.05, 0) is 77.4 Å². The number of ketones is 2. The molecule has 3 aliphatic heterocycles. The van der Waals surface area contributed by atoms with Crippen LogP contribution in [0.3, 0.4) is 0 Å². The van der Waals surface area contributed by atoms with E-state index in [0.717, 1.165) is 11.1 Å². The summed E-state index contributed by atoms with van der Waals surface area (Å²) in [6.07, 6.45) is 5.38. The van der Waals surface area contributed by atoms with Crippen LogP contribution in [0, 0.1) is 5.92 Å². The Kier molecular flexibility index (Phi) is 7.12. The number of hydrogen-bond acceptors (Lipinski definition) is 7. The van der Waals surface area contributed by atoms with Gasteiger partial charge in [-0.15, -0.1) is 0 Å². The maximum atomic E-state index is 15.0. The summed E-state index contributed by atoms with van der Waals surface area (Å²) in [6, 6.07) is 26.5. The fourth-order valence-corrected chi connectivity index (χ4v) is 7.24. The van der Waals surface area contributed by atoms with Crippen LogP contribution in [0.5, 0.6) is 11.5 Å². The van der Waals surface area contributed by atoms with Crippen molar-refractivity contribution in [2.45, 2.75) is 24.4 Å². The third-order valence-corrected chi connectivity index (χ3v) is 9.03. The number of para-hydroxylation sites is 1. The Morgan fingerprint density at radius 3 is 2.24 bits per heavy atom. The van der Waals surface area contributed by atoms with Crippen LogP contribution in [-0.2, 0) is 15.0 Å². The van der Waals surface area contributed by atoms with E-state index in [0.29, 0.717) is 40.5 Å². The van der Waals surface area contributed by atoms with E-state index in [1.165, 1.54) is 6.92 Å². The molecule has 1 saturated heterocycles. The molecule has 4 aromatic carbocycles. The van der Waals surface area contributed by atoms with Crippen molar-refractivity contribution in [3.05, 3.63) is 144 Å². The second kappa shape index (κ2) is 11.3. The first kappa shape index (κ1) is 29.0. The van der Waals surface area contributed by atoms with Gasteiger partial charge in [0, 0.05) is 29.9 Å². The number of rotatable bonds is 8. The van der Waals surface area contributed by atoms with Gasteiger partial charge in [-0.3, -0.25) is 19.2 Å². The predicted octanol–water partition coefficient (Wildman–Crippen LogP) is 6.16. The topological polar surface area (TPSA) is 102 Å². The molecule has 228 valence electrons. The first-order chi connectivity index (χ1) is 22.3. The van der Waals surface area contributed by atoms with Crippen LogP contribution < -0.4 is 14.8 Å². The standard InChI is InChI=1S/C38H30N2O6/c1-3-22-45-27-16-12-25(13-17-27)34(42)32-33(35(43)26-14-18-28(19-15-26)46-23(2)41)40-21-20-24-8-4-5-9-29(24)36(40)38(32)30-10-6-7-11-31(30)39-37(38)44/h3-21,32-33,36H,1,22H2,2H3,(H,39,44)/t32-,33+,36+,38+/m0/s1. The molecule has 0 saturated carbocycles. The van der Waals surface area contributed by atoms with Crippen molar-refractivity contribution in [3.63, 3.8) is 0 Å². The smallest absolute Gasteiger partial charge is 0.308 e. The Morgan fingerprint density at radius 2 is 1.52 bits per heavy atom. The molecule has 0 radical (unpaired) electrons. The van der Waals surface area contributed by atoms with E-state index in [1.54, 1.807) is 54.6 Å². The van der Waals surface area contributed by atoms with Crippen molar-refractivity contribution in [2.24, 2.45) is 5.92 Å². The molecule has 1 fully saturated rings. The molecule has 0 unspecified atom stereocenters. The zero-order valence-corrected chi connectivity index (χ0v) is 25.0. The zero-order chi connectivity index (χ0) is 32.0. The van der Waals surface area contributed by atoms with Gasteiger partial charge < -0.3 is 19.7 Å². The quantitative estimate of drug-likeness (QED) is 0.110. The number of benzene rings is 4. The van der Waals surface area contributed by atoms with E-state index in [1.807, 2.05) is 65.7 Å². The van der Waals surface area contributed by atoms with Crippen molar-refractivity contribution in [1.29, 1.82) is 0 Å². The Morgan fingerprint density at radius 1 is 0.870 bits per heavy atom. The lowest BCUT2D eigenvalue weighted by Crippen LogP contribution is -2.49. The molecule has 1 N–H and O–H groups in total. The minimum absolute atomic E-state index is 0.298. The number of hydrogen-bond donors (Lipinski definition) is 1. The Hall–Kier alpha value is -5.76. The minimum atomic E-state index is -1.44. The number of Topliss-reactive ketones (excluding diaryl/α,β-unsaturated/α-hetero) is 2. The molecule has 3 heterocycles. The lowest BCUT2D eigenvalue weighted by Gasteiger charge is -2.38. The monoisotopic (exact) mass is 610 g/mol. The molecule has 0 bridgehead atoms. The van der Waals surface area contributed by atoms with E-state index in [4.69, 9.17) is 9.47 Å². The molecule has 8 heteroatoms. The number of nitrogens with zero attached hydrogens (tertiary/aromatic N) is 1. The number of carbonyl (C=O) groups is 4. The van der Waals surface area contributed by atoms with Crippen LogP contribution in [-0.4, -0.2) is 41.0 Å². The number of fused-ring (bicyclic) bond motifs is 6. The third-order valence-electron chi connectivity index (χ3n) is 9.03. The number of anilines is 1. The number of esters is 1. The van der Waals surface area contributed by atoms with Gasteiger partial charge in [-0.2, -0.15) is 0 Å². The van der Waals surface area contributed by atoms with Crippen molar-refractivity contribution < 1.29 is 28.7 Å². The first-order valence-electron chi connectivity index (χ1n) is 15.0. The highest BCUT2D eigenvalue weighted by Gasteiger charge is 2.70. The fourth-order valence-electron chi connectivity index (χ4n) is 7.24. The lowest BCUT2D eigenvalue weighted by atomic mass is 9.62. The summed E-state index contributed by atoms with van der Waals surface area (Å²) in [5.41, 5.74) is 2.28. The predicted molar refractivity (Wildman–Crippen MR) is 173 cm³/mol. The van der Waals surface area contributed by atoms with E-state index in [2.05, 4.69) is 11.9 Å². The van der Waals surface area contributed by atoms with Crippen molar-refractivity contribution in [1.82, 2.24) is 4.90 Å². The summed E-state index contributed by atoms with van der Waals surface area (Å²) < 4.78 is 10.8. The highest BCUT2D eigenvalue weighted by Crippen LogP contribution is 2.62. The van der Waals surface area contributed by atoms with Gasteiger partial charge in [0.05, 0.1) is 12.0 Å². The number of carbonyl (C=O) groups excluding carboxylic acids is 4. The van der Waals surface area contributed by atoms with Gasteiger partial charge in [0.1, 0.15) is 29.6 Å². The molecule has 0 aliphatic carbocycles. The maximum absolute atomic E-state index is 15.0. The molecular weight excluding hydrogens is 580 g/mol. The van der Waals surface area contributed by atoms with Crippen LogP contribution >= 0.6 is 0 Å². The molecular formula is C38H30N2O6. The molecule has 1 spiro atoms. The third kappa shape index (κ3) is 4.44. The van der Waals surface area contributed by atoms with Crippen LogP contribution in [0.2, 0.25) is 0 Å². The van der Waals surface area contributed by atoms with Crippen molar-refractivity contribution in [2.75, 3.05) is 11.9 Å². The molecule has 8 nitrogen and oxygen atoms in total.